The normalized spacial score (nSPS) is 23.3. The zero-order valence-electron chi connectivity index (χ0n) is 17.7. The van der Waals surface area contributed by atoms with Crippen LogP contribution in [0.2, 0.25) is 0 Å². The third-order valence-electron chi connectivity index (χ3n) is 7.29. The molecule has 3 fully saturated rings. The maximum atomic E-state index is 14.7. The Hall–Kier alpha value is -3.01. The third kappa shape index (κ3) is 3.24. The van der Waals surface area contributed by atoms with Gasteiger partial charge in [0.25, 0.3) is 0 Å². The Kier molecular flexibility index (Phi) is 4.30. The lowest BCUT2D eigenvalue weighted by molar-refractivity contribution is 0.0418. The topological polar surface area (TPSA) is 112 Å². The first-order valence-corrected chi connectivity index (χ1v) is 11.3. The highest BCUT2D eigenvalue weighted by atomic mass is 19.1. The van der Waals surface area contributed by atoms with Gasteiger partial charge in [-0.05, 0) is 51.0 Å². The van der Waals surface area contributed by atoms with Gasteiger partial charge in [0.2, 0.25) is 0 Å². The first-order valence-electron chi connectivity index (χ1n) is 11.3. The quantitative estimate of drug-likeness (QED) is 0.578. The van der Waals surface area contributed by atoms with Gasteiger partial charge in [0.1, 0.15) is 11.4 Å². The van der Waals surface area contributed by atoms with Gasteiger partial charge in [-0.3, -0.25) is 14.8 Å². The van der Waals surface area contributed by atoms with E-state index >= 15 is 0 Å². The zero-order valence-corrected chi connectivity index (χ0v) is 17.7. The van der Waals surface area contributed by atoms with Crippen LogP contribution in [0.3, 0.4) is 0 Å². The summed E-state index contributed by atoms with van der Waals surface area (Å²) in [6.45, 7) is 0.768. The Morgan fingerprint density at radius 1 is 1.28 bits per heavy atom. The van der Waals surface area contributed by atoms with E-state index in [1.165, 1.54) is 0 Å². The van der Waals surface area contributed by atoms with Crippen molar-refractivity contribution in [2.75, 3.05) is 11.9 Å². The Balaban J connectivity index is 1.26. The first-order chi connectivity index (χ1) is 15.4. The number of H-pyrrole nitrogens is 1. The van der Waals surface area contributed by atoms with Crippen molar-refractivity contribution in [1.82, 2.24) is 29.9 Å². The second kappa shape index (κ2) is 6.99. The van der Waals surface area contributed by atoms with E-state index < -0.39 is 5.67 Å². The minimum absolute atomic E-state index is 0.187. The minimum Gasteiger partial charge on any atom is -0.393 e. The van der Waals surface area contributed by atoms with E-state index in [2.05, 4.69) is 25.6 Å². The van der Waals surface area contributed by atoms with Crippen molar-refractivity contribution < 1.29 is 14.3 Å². The van der Waals surface area contributed by atoms with Gasteiger partial charge in [-0.2, -0.15) is 10.2 Å². The highest BCUT2D eigenvalue weighted by Crippen LogP contribution is 2.48. The van der Waals surface area contributed by atoms with Gasteiger partial charge in [0, 0.05) is 23.7 Å². The molecule has 9 nitrogen and oxygen atoms in total. The molecule has 168 valence electrons. The van der Waals surface area contributed by atoms with Crippen LogP contribution >= 0.6 is 0 Å². The zero-order chi connectivity index (χ0) is 21.9. The van der Waals surface area contributed by atoms with Crippen LogP contribution in [0.5, 0.6) is 0 Å². The third-order valence-corrected chi connectivity index (χ3v) is 7.29. The molecule has 3 aromatic heterocycles. The Morgan fingerprint density at radius 2 is 2.12 bits per heavy atom. The van der Waals surface area contributed by atoms with Gasteiger partial charge in [-0.25, -0.2) is 9.18 Å². The summed E-state index contributed by atoms with van der Waals surface area (Å²) in [6, 6.07) is 1.67. The number of nitrogens with one attached hydrogen (secondary N) is 2. The molecule has 1 spiro atoms. The molecule has 1 saturated heterocycles. The summed E-state index contributed by atoms with van der Waals surface area (Å²) >= 11 is 0. The molecular weight excluding hydrogens is 413 g/mol. The summed E-state index contributed by atoms with van der Waals surface area (Å²) in [4.78, 5) is 19.4. The minimum atomic E-state index is -1.18. The standard InChI is InChI=1S/C22H26FN7O2/c23-21(3-1-4-21)13-30-18-8-16(24-10-14(18)11-26-30)19-17(12-25-28-19)27-20(32)29-7-2-15(31)9-22(29)5-6-22/h8,10-12,15,31H,1-7,9,13H2,(H,25,28)(H,27,32). The van der Waals surface area contributed by atoms with Crippen molar-refractivity contribution >= 4 is 22.6 Å². The van der Waals surface area contributed by atoms with Crippen molar-refractivity contribution in [3.63, 3.8) is 0 Å². The molecule has 0 aromatic carbocycles. The highest BCUT2D eigenvalue weighted by Gasteiger charge is 2.53. The number of aromatic amines is 1. The lowest BCUT2D eigenvalue weighted by Gasteiger charge is -2.38. The molecule has 2 amide bonds. The number of amides is 2. The lowest BCUT2D eigenvalue weighted by atomic mass is 9.82. The average molecular weight is 439 g/mol. The molecular formula is C22H26FN7O2. The van der Waals surface area contributed by atoms with E-state index in [0.717, 1.165) is 30.2 Å². The summed E-state index contributed by atoms with van der Waals surface area (Å²) in [5, 5.41) is 25.2. The number of likely N-dealkylation sites (tertiary alicyclic amines) is 1. The molecule has 6 rings (SSSR count). The Morgan fingerprint density at radius 3 is 2.88 bits per heavy atom. The molecule has 0 radical (unpaired) electrons. The smallest absolute Gasteiger partial charge is 0.322 e. The van der Waals surface area contributed by atoms with Gasteiger partial charge < -0.3 is 15.3 Å². The number of piperidine rings is 1. The summed E-state index contributed by atoms with van der Waals surface area (Å²) in [5.74, 6) is 0. The fourth-order valence-corrected chi connectivity index (χ4v) is 5.08. The van der Waals surface area contributed by atoms with Crippen molar-refractivity contribution in [2.24, 2.45) is 0 Å². The number of hydrogen-bond acceptors (Lipinski definition) is 5. The van der Waals surface area contributed by atoms with Crippen molar-refractivity contribution in [2.45, 2.75) is 68.8 Å². The Bertz CT molecular complexity index is 1180. The molecule has 2 aliphatic carbocycles. The fraction of sp³-hybridized carbons (Fsp3) is 0.545. The molecule has 3 aromatic rings. The molecule has 1 atom stereocenters. The van der Waals surface area contributed by atoms with Gasteiger partial charge in [0.05, 0.1) is 41.9 Å². The number of nitrogens with zero attached hydrogens (tertiary/aromatic N) is 5. The second-order valence-electron chi connectivity index (χ2n) is 9.55. The van der Waals surface area contributed by atoms with E-state index in [1.54, 1.807) is 23.3 Å². The first kappa shape index (κ1) is 19.7. The number of fused-ring (bicyclic) bond motifs is 1. The van der Waals surface area contributed by atoms with Crippen LogP contribution in [0.25, 0.3) is 22.3 Å². The van der Waals surface area contributed by atoms with Crippen LogP contribution < -0.4 is 5.32 Å². The highest BCUT2D eigenvalue weighted by molar-refractivity contribution is 5.94. The van der Waals surface area contributed by atoms with E-state index in [-0.39, 0.29) is 24.2 Å². The number of halogens is 1. The molecule has 32 heavy (non-hydrogen) atoms. The average Bonchev–Trinajstić information content (AvgIpc) is 3.17. The van der Waals surface area contributed by atoms with E-state index in [9.17, 15) is 14.3 Å². The van der Waals surface area contributed by atoms with E-state index in [1.807, 2.05) is 11.0 Å². The van der Waals surface area contributed by atoms with Crippen LogP contribution in [-0.2, 0) is 6.54 Å². The number of aliphatic hydroxyl groups is 1. The molecule has 1 unspecified atom stereocenters. The number of aliphatic hydroxyl groups excluding tert-OH is 1. The summed E-state index contributed by atoms with van der Waals surface area (Å²) in [6.07, 6.45) is 9.76. The number of urea groups is 1. The molecule has 3 aliphatic rings. The number of rotatable bonds is 4. The van der Waals surface area contributed by atoms with Crippen LogP contribution in [0, 0.1) is 0 Å². The molecule has 10 heteroatoms. The van der Waals surface area contributed by atoms with Gasteiger partial charge in [-0.15, -0.1) is 0 Å². The maximum absolute atomic E-state index is 14.7. The summed E-state index contributed by atoms with van der Waals surface area (Å²) in [5.41, 5.74) is 1.14. The van der Waals surface area contributed by atoms with Crippen LogP contribution in [0.15, 0.2) is 24.7 Å². The van der Waals surface area contributed by atoms with Gasteiger partial charge in [0.15, 0.2) is 0 Å². The predicted octanol–water partition coefficient (Wildman–Crippen LogP) is 3.23. The van der Waals surface area contributed by atoms with Crippen LogP contribution in [0.4, 0.5) is 14.9 Å². The summed E-state index contributed by atoms with van der Waals surface area (Å²) < 4.78 is 16.4. The molecule has 4 heterocycles. The monoisotopic (exact) mass is 439 g/mol. The molecule has 1 aliphatic heterocycles. The lowest BCUT2D eigenvalue weighted by Crippen LogP contribution is -2.51. The molecule has 0 bridgehead atoms. The number of aromatic nitrogens is 5. The summed E-state index contributed by atoms with van der Waals surface area (Å²) in [7, 11) is 0. The maximum Gasteiger partial charge on any atom is 0.322 e. The SMILES string of the molecule is O=C(Nc1cn[nH]c1-c1cc2c(cn1)cnn2CC1(F)CCC1)N1CCC(O)CC12CC2. The molecule has 3 N–H and O–H groups in total. The van der Waals surface area contributed by atoms with Crippen LogP contribution in [0.1, 0.15) is 44.9 Å². The van der Waals surface area contributed by atoms with Crippen molar-refractivity contribution in [1.29, 1.82) is 0 Å². The Labute approximate surface area is 184 Å². The van der Waals surface area contributed by atoms with Crippen molar-refractivity contribution in [3.8, 4) is 11.4 Å². The second-order valence-corrected chi connectivity index (χ2v) is 9.55. The largest absolute Gasteiger partial charge is 0.393 e. The van der Waals surface area contributed by atoms with E-state index in [4.69, 9.17) is 0 Å². The fourth-order valence-electron chi connectivity index (χ4n) is 5.08. The number of pyridine rings is 1. The number of carbonyl (C=O) groups is 1. The number of anilines is 1. The molecule has 2 saturated carbocycles. The number of carbonyl (C=O) groups excluding carboxylic acids is 1. The van der Waals surface area contributed by atoms with Gasteiger partial charge >= 0.3 is 6.03 Å². The number of alkyl halides is 1. The number of hydrogen-bond donors (Lipinski definition) is 3. The van der Waals surface area contributed by atoms with Crippen molar-refractivity contribution in [3.05, 3.63) is 24.7 Å². The van der Waals surface area contributed by atoms with E-state index in [0.29, 0.717) is 49.3 Å². The predicted molar refractivity (Wildman–Crippen MR) is 116 cm³/mol. The van der Waals surface area contributed by atoms with Gasteiger partial charge in [-0.1, -0.05) is 0 Å². The van der Waals surface area contributed by atoms with Crippen LogP contribution in [-0.4, -0.2) is 64.9 Å².